The zero-order valence-electron chi connectivity index (χ0n) is 9.30. The van der Waals surface area contributed by atoms with Crippen molar-refractivity contribution in [3.63, 3.8) is 0 Å². The Bertz CT molecular complexity index is 177. The molecule has 3 N–H and O–H groups in total. The third-order valence-corrected chi connectivity index (χ3v) is 2.82. The maximum Gasteiger partial charge on any atom is 0.220 e. The number of nitrogens with one attached hydrogen (secondary N) is 2. The molecule has 0 bridgehead atoms. The van der Waals surface area contributed by atoms with Crippen LogP contribution in [-0.2, 0) is 4.79 Å². The number of rotatable bonds is 5. The third kappa shape index (κ3) is 5.74. The highest BCUT2D eigenvalue weighted by atomic mass is 16.3. The molecule has 1 aliphatic rings. The summed E-state index contributed by atoms with van der Waals surface area (Å²) >= 11 is 0. The summed E-state index contributed by atoms with van der Waals surface area (Å²) < 4.78 is 0. The molecule has 1 unspecified atom stereocenters. The van der Waals surface area contributed by atoms with Gasteiger partial charge in [0.2, 0.25) is 5.91 Å². The number of aliphatic hydroxyl groups is 1. The Morgan fingerprint density at radius 2 is 2.27 bits per heavy atom. The molecule has 0 spiro atoms. The van der Waals surface area contributed by atoms with E-state index in [1.165, 1.54) is 25.7 Å². The van der Waals surface area contributed by atoms with Crippen LogP contribution in [-0.4, -0.2) is 36.8 Å². The highest BCUT2D eigenvalue weighted by Crippen LogP contribution is 2.12. The first-order valence-corrected chi connectivity index (χ1v) is 5.94. The van der Waals surface area contributed by atoms with Gasteiger partial charge in [0.15, 0.2) is 0 Å². The van der Waals surface area contributed by atoms with Crippen molar-refractivity contribution in [1.82, 2.24) is 10.6 Å². The van der Waals surface area contributed by atoms with Gasteiger partial charge in [0.25, 0.3) is 0 Å². The van der Waals surface area contributed by atoms with E-state index in [2.05, 4.69) is 10.6 Å². The van der Waals surface area contributed by atoms with Crippen molar-refractivity contribution in [3.8, 4) is 0 Å². The lowest BCUT2D eigenvalue weighted by atomic mass is 10.1. The lowest BCUT2D eigenvalue weighted by Gasteiger charge is -2.14. The van der Waals surface area contributed by atoms with E-state index in [1.54, 1.807) is 0 Å². The molecule has 1 aliphatic heterocycles. The average Bonchev–Trinajstić information content (AvgIpc) is 2.51. The van der Waals surface area contributed by atoms with Crippen LogP contribution in [0.4, 0.5) is 0 Å². The predicted octanol–water partition coefficient (Wildman–Crippen LogP) is 0.407. The molecule has 1 atom stereocenters. The molecule has 1 fully saturated rings. The molecule has 1 amide bonds. The zero-order chi connectivity index (χ0) is 10.9. The third-order valence-electron chi connectivity index (χ3n) is 2.82. The van der Waals surface area contributed by atoms with E-state index in [1.807, 2.05) is 0 Å². The summed E-state index contributed by atoms with van der Waals surface area (Å²) in [5.74, 6) is 0.0510. The number of hydrogen-bond acceptors (Lipinski definition) is 3. The summed E-state index contributed by atoms with van der Waals surface area (Å²) in [6.45, 7) is 1.48. The minimum absolute atomic E-state index is 0.0212. The summed E-state index contributed by atoms with van der Waals surface area (Å²) in [6.07, 6.45) is 6.51. The van der Waals surface area contributed by atoms with Crippen molar-refractivity contribution in [2.45, 2.75) is 44.6 Å². The van der Waals surface area contributed by atoms with E-state index in [9.17, 15) is 4.79 Å². The summed E-state index contributed by atoms with van der Waals surface area (Å²) in [5.41, 5.74) is 0. The van der Waals surface area contributed by atoms with Crippen molar-refractivity contribution in [1.29, 1.82) is 0 Å². The van der Waals surface area contributed by atoms with Gasteiger partial charge < -0.3 is 15.7 Å². The number of hydrogen-bond donors (Lipinski definition) is 3. The Balaban J connectivity index is 2.09. The molecule has 4 heteroatoms. The van der Waals surface area contributed by atoms with Crippen LogP contribution in [0.2, 0.25) is 0 Å². The standard InChI is InChI=1S/C11H22N2O2/c14-9-8-13-11(15)6-5-10-4-2-1-3-7-12-10/h10,12,14H,1-9H2,(H,13,15). The van der Waals surface area contributed by atoms with Crippen LogP contribution in [0.25, 0.3) is 0 Å². The van der Waals surface area contributed by atoms with Crippen LogP contribution in [0.1, 0.15) is 38.5 Å². The topological polar surface area (TPSA) is 61.4 Å². The van der Waals surface area contributed by atoms with Gasteiger partial charge >= 0.3 is 0 Å². The van der Waals surface area contributed by atoms with Gasteiger partial charge in [-0.25, -0.2) is 0 Å². The van der Waals surface area contributed by atoms with Crippen LogP contribution < -0.4 is 10.6 Å². The molecule has 4 nitrogen and oxygen atoms in total. The highest BCUT2D eigenvalue weighted by Gasteiger charge is 2.12. The van der Waals surface area contributed by atoms with E-state index in [0.29, 0.717) is 19.0 Å². The molecule has 0 aromatic carbocycles. The highest BCUT2D eigenvalue weighted by molar-refractivity contribution is 5.75. The minimum atomic E-state index is 0.0212. The van der Waals surface area contributed by atoms with Gasteiger partial charge in [-0.3, -0.25) is 4.79 Å². The molecule has 0 radical (unpaired) electrons. The molecule has 1 heterocycles. The van der Waals surface area contributed by atoms with Crippen LogP contribution >= 0.6 is 0 Å². The molecule has 0 aromatic heterocycles. The number of aliphatic hydroxyl groups excluding tert-OH is 1. The molecular formula is C11H22N2O2. The normalized spacial score (nSPS) is 22.1. The summed E-state index contributed by atoms with van der Waals surface area (Å²) in [7, 11) is 0. The van der Waals surface area contributed by atoms with Crippen molar-refractivity contribution in [2.24, 2.45) is 0 Å². The quantitative estimate of drug-likeness (QED) is 0.621. The molecule has 0 saturated carbocycles. The Hall–Kier alpha value is -0.610. The number of amides is 1. The lowest BCUT2D eigenvalue weighted by Crippen LogP contribution is -2.31. The largest absolute Gasteiger partial charge is 0.395 e. The van der Waals surface area contributed by atoms with E-state index in [0.717, 1.165) is 13.0 Å². The molecule has 0 aliphatic carbocycles. The predicted molar refractivity (Wildman–Crippen MR) is 59.6 cm³/mol. The maximum atomic E-state index is 11.3. The van der Waals surface area contributed by atoms with Gasteiger partial charge in [0.1, 0.15) is 0 Å². The zero-order valence-corrected chi connectivity index (χ0v) is 9.30. The second-order valence-electron chi connectivity index (χ2n) is 4.11. The van der Waals surface area contributed by atoms with Crippen molar-refractivity contribution >= 4 is 5.91 Å². The van der Waals surface area contributed by atoms with Gasteiger partial charge in [0.05, 0.1) is 6.61 Å². The average molecular weight is 214 g/mol. The van der Waals surface area contributed by atoms with E-state index in [-0.39, 0.29) is 12.5 Å². The van der Waals surface area contributed by atoms with E-state index in [4.69, 9.17) is 5.11 Å². The molecular weight excluding hydrogens is 192 g/mol. The summed E-state index contributed by atoms with van der Waals surface area (Å²) in [4.78, 5) is 11.3. The first kappa shape index (κ1) is 12.5. The van der Waals surface area contributed by atoms with Gasteiger partial charge in [-0.05, 0) is 25.8 Å². The first-order chi connectivity index (χ1) is 7.33. The maximum absolute atomic E-state index is 11.3. The molecule has 1 rings (SSSR count). The Labute approximate surface area is 91.4 Å². The Morgan fingerprint density at radius 3 is 3.07 bits per heavy atom. The Kier molecular flexibility index (Phi) is 6.36. The van der Waals surface area contributed by atoms with Crippen LogP contribution in [0, 0.1) is 0 Å². The summed E-state index contributed by atoms with van der Waals surface area (Å²) in [6, 6.07) is 0.507. The minimum Gasteiger partial charge on any atom is -0.395 e. The SMILES string of the molecule is O=C(CCC1CCCCCN1)NCCO. The molecule has 15 heavy (non-hydrogen) atoms. The molecule has 88 valence electrons. The van der Waals surface area contributed by atoms with Crippen LogP contribution in [0.3, 0.4) is 0 Å². The van der Waals surface area contributed by atoms with Gasteiger partial charge in [0, 0.05) is 19.0 Å². The van der Waals surface area contributed by atoms with Crippen LogP contribution in [0.15, 0.2) is 0 Å². The van der Waals surface area contributed by atoms with E-state index >= 15 is 0 Å². The molecule has 0 aromatic rings. The smallest absolute Gasteiger partial charge is 0.220 e. The van der Waals surface area contributed by atoms with Gasteiger partial charge in [-0.2, -0.15) is 0 Å². The molecule has 1 saturated heterocycles. The summed E-state index contributed by atoms with van der Waals surface area (Å²) in [5, 5.41) is 14.7. The second kappa shape index (κ2) is 7.65. The lowest BCUT2D eigenvalue weighted by molar-refractivity contribution is -0.121. The van der Waals surface area contributed by atoms with Gasteiger partial charge in [-0.1, -0.05) is 12.8 Å². The monoisotopic (exact) mass is 214 g/mol. The van der Waals surface area contributed by atoms with Crippen molar-refractivity contribution < 1.29 is 9.90 Å². The fourth-order valence-electron chi connectivity index (χ4n) is 1.94. The van der Waals surface area contributed by atoms with Crippen LogP contribution in [0.5, 0.6) is 0 Å². The second-order valence-corrected chi connectivity index (χ2v) is 4.11. The van der Waals surface area contributed by atoms with Crippen molar-refractivity contribution in [3.05, 3.63) is 0 Å². The Morgan fingerprint density at radius 1 is 1.40 bits per heavy atom. The number of carbonyl (C=O) groups is 1. The fraction of sp³-hybridized carbons (Fsp3) is 0.909. The first-order valence-electron chi connectivity index (χ1n) is 5.94. The van der Waals surface area contributed by atoms with Crippen molar-refractivity contribution in [2.75, 3.05) is 19.7 Å². The van der Waals surface area contributed by atoms with Gasteiger partial charge in [-0.15, -0.1) is 0 Å². The number of carbonyl (C=O) groups excluding carboxylic acids is 1. The fourth-order valence-corrected chi connectivity index (χ4v) is 1.94. The van der Waals surface area contributed by atoms with E-state index < -0.39 is 0 Å².